The van der Waals surface area contributed by atoms with Gasteiger partial charge in [0, 0.05) is 62.0 Å². The van der Waals surface area contributed by atoms with Crippen LogP contribution in [0.5, 0.6) is 11.5 Å². The van der Waals surface area contributed by atoms with Gasteiger partial charge in [0.1, 0.15) is 11.5 Å². The molecule has 0 radical (unpaired) electrons. The number of ether oxygens (including phenoxy) is 1. The highest BCUT2D eigenvalue weighted by atomic mass is 16.5. The first-order valence-electron chi connectivity index (χ1n) is 34.0. The summed E-state index contributed by atoms with van der Waals surface area (Å²) in [5, 5.41) is 0. The van der Waals surface area contributed by atoms with Gasteiger partial charge in [-0.2, -0.15) is 0 Å². The van der Waals surface area contributed by atoms with Crippen LogP contribution in [0.1, 0.15) is 89.1 Å². The second kappa shape index (κ2) is 23.2. The molecule has 0 aromatic heterocycles. The fourth-order valence-electron chi connectivity index (χ4n) is 16.9. The Morgan fingerprint density at radius 2 is 1.00 bits per heavy atom. The van der Waals surface area contributed by atoms with E-state index in [0.29, 0.717) is 0 Å². The molecule has 1 aliphatic heterocycles. The summed E-state index contributed by atoms with van der Waals surface area (Å²) in [5.74, 6) is 1.93. The molecule has 0 saturated carbocycles. The zero-order valence-electron chi connectivity index (χ0n) is 54.0. The summed E-state index contributed by atoms with van der Waals surface area (Å²) in [6.45, 7) is 4.74. The molecule has 1 heterocycles. The zero-order chi connectivity index (χ0) is 63.9. The smallest absolute Gasteiger partial charge is 0.140 e. The molecule has 0 saturated heterocycles. The number of rotatable bonds is 10. The summed E-state index contributed by atoms with van der Waals surface area (Å²) < 4.78 is 7.42. The van der Waals surface area contributed by atoms with Gasteiger partial charge in [-0.1, -0.05) is 292 Å². The molecule has 1 spiro atoms. The minimum absolute atomic E-state index is 0.167. The van der Waals surface area contributed by atoms with Gasteiger partial charge in [0.15, 0.2) is 0 Å². The van der Waals surface area contributed by atoms with Gasteiger partial charge in [0.25, 0.3) is 0 Å². The fraction of sp³-hybridized carbons (Fsp3) is 0.0968. The molecular weight excluding hydrogens is 1160 g/mol. The first-order valence-corrected chi connectivity index (χ1v) is 34.0. The monoisotopic (exact) mass is 1230 g/mol. The molecule has 18 rings (SSSR count). The van der Waals surface area contributed by atoms with Crippen LogP contribution in [-0.4, -0.2) is 0 Å². The average Bonchev–Trinajstić information content (AvgIpc) is 1.40. The molecule has 3 heteroatoms. The maximum absolute atomic E-state index is 7.42. The van der Waals surface area contributed by atoms with Crippen LogP contribution in [0.3, 0.4) is 0 Å². The van der Waals surface area contributed by atoms with E-state index in [9.17, 15) is 0 Å². The third-order valence-corrected chi connectivity index (χ3v) is 21.3. The second-order valence-electron chi connectivity index (χ2n) is 26.9. The molecule has 2 atom stereocenters. The molecule has 0 bridgehead atoms. The van der Waals surface area contributed by atoms with Crippen LogP contribution < -0.4 is 14.5 Å². The molecule has 3 nitrogen and oxygen atoms in total. The number of fused-ring (bicyclic) bond motifs is 14. The minimum atomic E-state index is -0.734. The van der Waals surface area contributed by atoms with Crippen LogP contribution in [-0.2, 0) is 17.3 Å². The van der Waals surface area contributed by atoms with Crippen molar-refractivity contribution in [2.75, 3.05) is 9.80 Å². The molecule has 0 N–H and O–H groups in total. The number of nitrogens with zero attached hydrogens (tertiary/aromatic N) is 2. The molecule has 96 heavy (non-hydrogen) atoms. The quantitative estimate of drug-likeness (QED) is 0.136. The highest BCUT2D eigenvalue weighted by Crippen LogP contribution is 2.65. The normalized spacial score (nSPS) is 18.0. The predicted octanol–water partition coefficient (Wildman–Crippen LogP) is 24.2. The lowest BCUT2D eigenvalue weighted by molar-refractivity contribution is 0.438. The average molecular weight is 1230 g/mol. The Labute approximate surface area is 563 Å². The van der Waals surface area contributed by atoms with Gasteiger partial charge in [-0.05, 0) is 175 Å². The fourth-order valence-corrected chi connectivity index (χ4v) is 16.9. The van der Waals surface area contributed by atoms with Crippen LogP contribution >= 0.6 is 0 Å². The number of hydrogen-bond donors (Lipinski definition) is 0. The Morgan fingerprint density at radius 1 is 0.417 bits per heavy atom. The molecule has 12 aromatic rings. The van der Waals surface area contributed by atoms with Crippen LogP contribution in [0.2, 0.25) is 0 Å². The van der Waals surface area contributed by atoms with Gasteiger partial charge in [-0.3, -0.25) is 0 Å². The standard InChI is InChI=1S/C93H70N2O/c1-92(2)83-41-17-14-36-79(83)81-58-56-73(61-87(81)92)95(88-45-20-16-35-76(88)63-27-8-4-9-28-63)71-53-47-64(48-54-71)77-38-23-40-82-80-37-15-18-42-84(80)93(90(77)82)85-43-19-21-46-89(85)96-91-78(39-24-44-86(91)93)65-49-51-70(52-50-65)94(72-32-11-5-10-29-66(60-72)62-25-6-3-7-26-62)69-33-22-31-68-59-67-30-12-13-34-74(67)75(68)57-55-69/h3-21,23-30,32-58,61,66H,22,31,59-60H2,1-2H3/b11-5-,29-10?,57-55?,69-33?,72-32+. The van der Waals surface area contributed by atoms with E-state index in [-0.39, 0.29) is 11.3 Å². The van der Waals surface area contributed by atoms with Gasteiger partial charge in [0.2, 0.25) is 0 Å². The highest BCUT2D eigenvalue weighted by molar-refractivity contribution is 5.97. The van der Waals surface area contributed by atoms with Crippen LogP contribution in [0.25, 0.3) is 61.2 Å². The van der Waals surface area contributed by atoms with Crippen molar-refractivity contribution in [1.29, 1.82) is 0 Å². The summed E-state index contributed by atoms with van der Waals surface area (Å²) >= 11 is 0. The van der Waals surface area contributed by atoms with Crippen molar-refractivity contribution in [1.82, 2.24) is 0 Å². The number of benzene rings is 12. The van der Waals surface area contributed by atoms with E-state index >= 15 is 0 Å². The molecule has 0 fully saturated rings. The molecule has 0 amide bonds. The Kier molecular flexibility index (Phi) is 13.8. The summed E-state index contributed by atoms with van der Waals surface area (Å²) in [5.41, 5.74) is 32.3. The van der Waals surface area contributed by atoms with Crippen molar-refractivity contribution in [2.24, 2.45) is 0 Å². The zero-order valence-corrected chi connectivity index (χ0v) is 54.0. The SMILES string of the molecule is CC1(C)c2ccccc2-c2ccc(N(c3ccc(-c4cccc5c4C4(c6ccccc6Oc6c(-c7ccc(N(C8=CCCC9=C(C=C8)c8ccccc8C9)/C8=C/C=C\C=CC(c9ccccc9)C8)cc7)cccc64)c4ccccc4-5)cc3)c3ccccc3-c3ccccc3)cc21. The topological polar surface area (TPSA) is 15.7 Å². The number of hydrogen-bond acceptors (Lipinski definition) is 3. The predicted molar refractivity (Wildman–Crippen MR) is 399 cm³/mol. The van der Waals surface area contributed by atoms with E-state index in [1.807, 2.05) is 0 Å². The number of anilines is 4. The lowest BCUT2D eigenvalue weighted by Crippen LogP contribution is -2.33. The molecule has 2 unspecified atom stereocenters. The van der Waals surface area contributed by atoms with Gasteiger partial charge in [-0.25, -0.2) is 0 Å². The second-order valence-corrected chi connectivity index (χ2v) is 26.9. The lowest BCUT2D eigenvalue weighted by atomic mass is 9.64. The molecule has 6 aliphatic rings. The van der Waals surface area contributed by atoms with Gasteiger partial charge in [0.05, 0.1) is 11.1 Å². The van der Waals surface area contributed by atoms with Crippen molar-refractivity contribution >= 4 is 28.3 Å². The van der Waals surface area contributed by atoms with Crippen LogP contribution in [0.15, 0.2) is 351 Å². The maximum atomic E-state index is 7.42. The summed E-state index contributed by atoms with van der Waals surface area (Å²) in [6.07, 6.45) is 22.3. The van der Waals surface area contributed by atoms with E-state index < -0.39 is 5.41 Å². The van der Waals surface area contributed by atoms with Crippen molar-refractivity contribution < 1.29 is 4.74 Å². The van der Waals surface area contributed by atoms with Crippen molar-refractivity contribution in [3.05, 3.63) is 401 Å². The minimum Gasteiger partial charge on any atom is -0.456 e. The molecular formula is C93H70N2O. The third kappa shape index (κ3) is 9.24. The van der Waals surface area contributed by atoms with E-state index in [4.69, 9.17) is 4.74 Å². The van der Waals surface area contributed by atoms with Gasteiger partial charge >= 0.3 is 0 Å². The van der Waals surface area contributed by atoms with Crippen LogP contribution in [0.4, 0.5) is 22.7 Å². The summed E-state index contributed by atoms with van der Waals surface area (Å²) in [7, 11) is 0. The Bertz CT molecular complexity index is 5290. The van der Waals surface area contributed by atoms with E-state index in [2.05, 4.69) is 357 Å². The Morgan fingerprint density at radius 3 is 1.80 bits per heavy atom. The van der Waals surface area contributed by atoms with E-state index in [1.54, 1.807) is 0 Å². The summed E-state index contributed by atoms with van der Waals surface area (Å²) in [6, 6.07) is 106. The number of allylic oxidation sites excluding steroid dienone is 11. The summed E-state index contributed by atoms with van der Waals surface area (Å²) in [4.78, 5) is 4.98. The molecule has 458 valence electrons. The Hall–Kier alpha value is -11.5. The van der Waals surface area contributed by atoms with Crippen molar-refractivity contribution in [2.45, 2.75) is 56.3 Å². The first-order chi connectivity index (χ1) is 47.4. The van der Waals surface area contributed by atoms with Gasteiger partial charge in [-0.15, -0.1) is 0 Å². The molecule has 12 aromatic carbocycles. The van der Waals surface area contributed by atoms with Crippen molar-refractivity contribution in [3.8, 4) is 67.1 Å². The van der Waals surface area contributed by atoms with Crippen molar-refractivity contribution in [3.63, 3.8) is 0 Å². The number of para-hydroxylation sites is 3. The maximum Gasteiger partial charge on any atom is 0.140 e. The largest absolute Gasteiger partial charge is 0.456 e. The third-order valence-electron chi connectivity index (χ3n) is 21.3. The Balaban J connectivity index is 0.761. The van der Waals surface area contributed by atoms with Crippen LogP contribution in [0, 0.1) is 0 Å². The van der Waals surface area contributed by atoms with E-state index in [1.165, 1.54) is 100 Å². The molecule has 5 aliphatic carbocycles. The van der Waals surface area contributed by atoms with E-state index in [0.717, 1.165) is 87.7 Å². The van der Waals surface area contributed by atoms with Gasteiger partial charge < -0.3 is 14.5 Å². The lowest BCUT2D eigenvalue weighted by Gasteiger charge is -2.41. The first kappa shape index (κ1) is 57.2. The highest BCUT2D eigenvalue weighted by Gasteiger charge is 2.53.